The van der Waals surface area contributed by atoms with E-state index in [2.05, 4.69) is 5.43 Å². The number of nitrogen functional groups attached to an aromatic ring is 1. The summed E-state index contributed by atoms with van der Waals surface area (Å²) in [7, 11) is 0. The number of rotatable bonds is 6. The molecular weight excluding hydrogens is 262 g/mol. The molecule has 0 aliphatic carbocycles. The third-order valence-electron chi connectivity index (χ3n) is 2.76. The van der Waals surface area contributed by atoms with E-state index >= 15 is 0 Å². The van der Waals surface area contributed by atoms with Gasteiger partial charge in [0.1, 0.15) is 5.69 Å². The van der Waals surface area contributed by atoms with Crippen molar-refractivity contribution in [1.29, 1.82) is 5.26 Å². The molecule has 0 aliphatic heterocycles. The van der Waals surface area contributed by atoms with E-state index in [-0.39, 0.29) is 35.8 Å². The third-order valence-corrected chi connectivity index (χ3v) is 2.76. The molecule has 8 heteroatoms. The molecule has 8 nitrogen and oxygen atoms in total. The standard InChI is InChI=1S/C12H15N5O3/c1-2-16(7-3-6-13)12(18)9-4-5-10(15-14)11(8-9)17(19)20/h4-5,8,15H,2-3,7,14H2,1H3. The Morgan fingerprint density at radius 3 is 2.80 bits per heavy atom. The van der Waals surface area contributed by atoms with Crippen LogP contribution in [0.25, 0.3) is 0 Å². The van der Waals surface area contributed by atoms with Gasteiger partial charge in [-0.15, -0.1) is 0 Å². The number of hydrogen-bond donors (Lipinski definition) is 2. The number of nitro benzene ring substituents is 1. The van der Waals surface area contributed by atoms with Crippen molar-refractivity contribution in [3.05, 3.63) is 33.9 Å². The second-order valence-electron chi connectivity index (χ2n) is 3.93. The summed E-state index contributed by atoms with van der Waals surface area (Å²) < 4.78 is 0. The number of nitrogens with two attached hydrogens (primary N) is 1. The Hall–Kier alpha value is -2.66. The van der Waals surface area contributed by atoms with Crippen molar-refractivity contribution >= 4 is 17.3 Å². The van der Waals surface area contributed by atoms with Gasteiger partial charge >= 0.3 is 0 Å². The molecule has 1 aromatic carbocycles. The number of hydrogen-bond acceptors (Lipinski definition) is 6. The van der Waals surface area contributed by atoms with Crippen LogP contribution in [-0.4, -0.2) is 28.8 Å². The summed E-state index contributed by atoms with van der Waals surface area (Å²) in [6.07, 6.45) is 0.212. The van der Waals surface area contributed by atoms with Crippen LogP contribution in [0.2, 0.25) is 0 Å². The van der Waals surface area contributed by atoms with Crippen molar-refractivity contribution in [2.45, 2.75) is 13.3 Å². The number of amides is 1. The first-order valence-electron chi connectivity index (χ1n) is 5.96. The highest BCUT2D eigenvalue weighted by atomic mass is 16.6. The molecule has 0 bridgehead atoms. The van der Waals surface area contributed by atoms with E-state index < -0.39 is 4.92 Å². The lowest BCUT2D eigenvalue weighted by Gasteiger charge is -2.19. The number of nitriles is 1. The first-order chi connectivity index (χ1) is 9.54. The van der Waals surface area contributed by atoms with Gasteiger partial charge in [-0.05, 0) is 19.1 Å². The smallest absolute Gasteiger partial charge is 0.294 e. The zero-order valence-electron chi connectivity index (χ0n) is 11.0. The minimum atomic E-state index is -0.614. The van der Waals surface area contributed by atoms with Gasteiger partial charge < -0.3 is 10.3 Å². The van der Waals surface area contributed by atoms with E-state index in [4.69, 9.17) is 11.1 Å². The summed E-state index contributed by atoms with van der Waals surface area (Å²) in [5.41, 5.74) is 2.26. The van der Waals surface area contributed by atoms with Gasteiger partial charge in [-0.2, -0.15) is 5.26 Å². The summed E-state index contributed by atoms with van der Waals surface area (Å²) in [4.78, 5) is 24.0. The molecule has 3 N–H and O–H groups in total. The summed E-state index contributed by atoms with van der Waals surface area (Å²) in [5.74, 6) is 4.83. The van der Waals surface area contributed by atoms with Gasteiger partial charge in [0.25, 0.3) is 11.6 Å². The number of hydrazine groups is 1. The SMILES string of the molecule is CCN(CCC#N)C(=O)c1ccc(NN)c([N+](=O)[O-])c1. The highest BCUT2D eigenvalue weighted by Crippen LogP contribution is 2.25. The Labute approximate surface area is 115 Å². The first kappa shape index (κ1) is 15.4. The summed E-state index contributed by atoms with van der Waals surface area (Å²) in [6.45, 7) is 2.49. The van der Waals surface area contributed by atoms with Crippen LogP contribution in [0.4, 0.5) is 11.4 Å². The van der Waals surface area contributed by atoms with E-state index in [9.17, 15) is 14.9 Å². The predicted molar refractivity (Wildman–Crippen MR) is 72.7 cm³/mol. The number of benzene rings is 1. The lowest BCUT2D eigenvalue weighted by molar-refractivity contribution is -0.384. The Morgan fingerprint density at radius 1 is 1.60 bits per heavy atom. The highest BCUT2D eigenvalue weighted by molar-refractivity contribution is 5.95. The van der Waals surface area contributed by atoms with E-state index in [1.54, 1.807) is 6.92 Å². The summed E-state index contributed by atoms with van der Waals surface area (Å²) >= 11 is 0. The molecule has 0 saturated carbocycles. The van der Waals surface area contributed by atoms with Gasteiger partial charge in [0.2, 0.25) is 0 Å². The van der Waals surface area contributed by atoms with Crippen LogP contribution in [0.3, 0.4) is 0 Å². The normalized spacial score (nSPS) is 9.65. The molecule has 0 atom stereocenters. The molecule has 1 amide bonds. The second kappa shape index (κ2) is 7.06. The van der Waals surface area contributed by atoms with Crippen LogP contribution in [0.5, 0.6) is 0 Å². The highest BCUT2D eigenvalue weighted by Gasteiger charge is 2.20. The number of anilines is 1. The van der Waals surface area contributed by atoms with Crippen molar-refractivity contribution in [3.8, 4) is 6.07 Å². The van der Waals surface area contributed by atoms with Crippen LogP contribution in [0.1, 0.15) is 23.7 Å². The Kier molecular flexibility index (Phi) is 5.43. The molecule has 0 unspecified atom stereocenters. The quantitative estimate of drug-likeness (QED) is 0.458. The molecule has 1 aromatic rings. The Bertz CT molecular complexity index is 553. The van der Waals surface area contributed by atoms with Crippen LogP contribution in [0, 0.1) is 21.4 Å². The average Bonchev–Trinajstić information content (AvgIpc) is 2.46. The molecule has 0 saturated heterocycles. The summed E-state index contributed by atoms with van der Waals surface area (Å²) in [6, 6.07) is 5.97. The minimum Gasteiger partial charge on any atom is -0.338 e. The summed E-state index contributed by atoms with van der Waals surface area (Å²) in [5, 5.41) is 19.5. The van der Waals surface area contributed by atoms with Gasteiger partial charge in [-0.3, -0.25) is 20.8 Å². The van der Waals surface area contributed by atoms with Crippen molar-refractivity contribution in [1.82, 2.24) is 4.90 Å². The zero-order chi connectivity index (χ0) is 15.1. The third kappa shape index (κ3) is 3.43. The van der Waals surface area contributed by atoms with Crippen molar-refractivity contribution in [2.75, 3.05) is 18.5 Å². The monoisotopic (exact) mass is 277 g/mol. The largest absolute Gasteiger partial charge is 0.338 e. The fourth-order valence-corrected chi connectivity index (χ4v) is 1.71. The molecule has 0 spiro atoms. The molecule has 0 aromatic heterocycles. The minimum absolute atomic E-state index is 0.131. The number of nitrogens with zero attached hydrogens (tertiary/aromatic N) is 3. The number of nitro groups is 1. The van der Waals surface area contributed by atoms with E-state index in [1.807, 2.05) is 6.07 Å². The van der Waals surface area contributed by atoms with Crippen LogP contribution >= 0.6 is 0 Å². The Morgan fingerprint density at radius 2 is 2.30 bits per heavy atom. The number of carbonyl (C=O) groups is 1. The first-order valence-corrected chi connectivity index (χ1v) is 5.96. The maximum absolute atomic E-state index is 12.2. The lowest BCUT2D eigenvalue weighted by atomic mass is 10.1. The van der Waals surface area contributed by atoms with Gasteiger partial charge in [-0.1, -0.05) is 0 Å². The van der Waals surface area contributed by atoms with E-state index in [0.717, 1.165) is 0 Å². The predicted octanol–water partition coefficient (Wildman–Crippen LogP) is 1.26. The fraction of sp³-hybridized carbons (Fsp3) is 0.333. The van der Waals surface area contributed by atoms with E-state index in [0.29, 0.717) is 6.54 Å². The van der Waals surface area contributed by atoms with Crippen LogP contribution < -0.4 is 11.3 Å². The van der Waals surface area contributed by atoms with Gasteiger partial charge in [-0.25, -0.2) is 0 Å². The molecule has 0 aliphatic rings. The van der Waals surface area contributed by atoms with Gasteiger partial charge in [0, 0.05) is 24.7 Å². The molecular formula is C12H15N5O3. The molecule has 20 heavy (non-hydrogen) atoms. The molecule has 1 rings (SSSR count). The molecule has 0 radical (unpaired) electrons. The topological polar surface area (TPSA) is 125 Å². The average molecular weight is 277 g/mol. The van der Waals surface area contributed by atoms with Crippen LogP contribution in [-0.2, 0) is 0 Å². The van der Waals surface area contributed by atoms with Gasteiger partial charge in [0.15, 0.2) is 0 Å². The maximum Gasteiger partial charge on any atom is 0.294 e. The number of carbonyl (C=O) groups excluding carboxylic acids is 1. The van der Waals surface area contributed by atoms with Crippen molar-refractivity contribution in [3.63, 3.8) is 0 Å². The molecule has 106 valence electrons. The zero-order valence-corrected chi connectivity index (χ0v) is 11.0. The van der Waals surface area contributed by atoms with Crippen molar-refractivity contribution < 1.29 is 9.72 Å². The number of nitrogens with one attached hydrogen (secondary N) is 1. The van der Waals surface area contributed by atoms with Crippen LogP contribution in [0.15, 0.2) is 18.2 Å². The maximum atomic E-state index is 12.2. The van der Waals surface area contributed by atoms with Gasteiger partial charge in [0.05, 0.1) is 17.4 Å². The lowest BCUT2D eigenvalue weighted by Crippen LogP contribution is -2.31. The Balaban J connectivity index is 3.07. The second-order valence-corrected chi connectivity index (χ2v) is 3.93. The van der Waals surface area contributed by atoms with Crippen molar-refractivity contribution in [2.24, 2.45) is 5.84 Å². The van der Waals surface area contributed by atoms with E-state index in [1.165, 1.54) is 23.1 Å². The fourth-order valence-electron chi connectivity index (χ4n) is 1.71. The molecule has 0 fully saturated rings. The molecule has 0 heterocycles.